The first-order chi connectivity index (χ1) is 9.28. The molecule has 2 N–H and O–H groups in total. The van der Waals surface area contributed by atoms with Gasteiger partial charge in [0.1, 0.15) is 5.01 Å². The number of nitrogens with one attached hydrogen (secondary N) is 2. The minimum absolute atomic E-state index is 0. The maximum atomic E-state index is 11.8. The van der Waals surface area contributed by atoms with Crippen LogP contribution >= 0.6 is 23.7 Å². The average Bonchev–Trinajstić information content (AvgIpc) is 3.02. The zero-order valence-corrected chi connectivity index (χ0v) is 13.5. The number of unbranched alkanes of at least 4 members (excludes halogenated alkanes) is 2. The van der Waals surface area contributed by atoms with E-state index < -0.39 is 0 Å². The smallest absolute Gasteiger partial charge is 0.227 e. The normalized spacial score (nSPS) is 17.8. The molecule has 1 aromatic rings. The summed E-state index contributed by atoms with van der Waals surface area (Å²) in [6.45, 7) is 3.21. The number of hydrogen-bond acceptors (Lipinski definition) is 5. The van der Waals surface area contributed by atoms with Crippen molar-refractivity contribution < 1.29 is 4.79 Å². The molecule has 7 heteroatoms. The van der Waals surface area contributed by atoms with Crippen molar-refractivity contribution in [1.29, 1.82) is 0 Å². The van der Waals surface area contributed by atoms with Crippen LogP contribution in [-0.2, 0) is 11.2 Å². The molecule has 1 aliphatic rings. The summed E-state index contributed by atoms with van der Waals surface area (Å²) in [5.74, 6) is 0.0376. The fraction of sp³-hybridized carbons (Fsp3) is 0.769. The Labute approximate surface area is 130 Å². The molecule has 0 saturated carbocycles. The molecule has 2 rings (SSSR count). The zero-order valence-electron chi connectivity index (χ0n) is 11.9. The minimum Gasteiger partial charge on any atom is -0.313 e. The molecule has 2 heterocycles. The lowest BCUT2D eigenvalue weighted by molar-refractivity contribution is -0.116. The topological polar surface area (TPSA) is 66.9 Å². The number of hydrogen-bond donors (Lipinski definition) is 2. The molecule has 0 spiro atoms. The van der Waals surface area contributed by atoms with E-state index in [2.05, 4.69) is 27.8 Å². The monoisotopic (exact) mass is 318 g/mol. The van der Waals surface area contributed by atoms with Gasteiger partial charge < -0.3 is 10.6 Å². The Morgan fingerprint density at radius 2 is 2.30 bits per heavy atom. The van der Waals surface area contributed by atoms with Crippen LogP contribution in [0.25, 0.3) is 0 Å². The second-order valence-electron chi connectivity index (χ2n) is 5.00. The van der Waals surface area contributed by atoms with Gasteiger partial charge in [-0.05, 0) is 25.8 Å². The molecule has 0 aromatic carbocycles. The van der Waals surface area contributed by atoms with E-state index in [1.54, 1.807) is 0 Å². The molecule has 1 fully saturated rings. The average molecular weight is 319 g/mol. The van der Waals surface area contributed by atoms with Gasteiger partial charge in [-0.2, -0.15) is 0 Å². The first-order valence-electron chi connectivity index (χ1n) is 7.13. The van der Waals surface area contributed by atoms with Crippen LogP contribution in [0.5, 0.6) is 0 Å². The van der Waals surface area contributed by atoms with Crippen molar-refractivity contribution in [2.75, 3.05) is 11.9 Å². The van der Waals surface area contributed by atoms with Gasteiger partial charge in [-0.25, -0.2) is 0 Å². The van der Waals surface area contributed by atoms with Crippen LogP contribution in [0.2, 0.25) is 0 Å². The minimum atomic E-state index is 0. The van der Waals surface area contributed by atoms with Crippen LogP contribution in [0.4, 0.5) is 5.13 Å². The van der Waals surface area contributed by atoms with Gasteiger partial charge in [0, 0.05) is 18.9 Å². The van der Waals surface area contributed by atoms with Crippen molar-refractivity contribution in [2.45, 2.75) is 57.9 Å². The lowest BCUT2D eigenvalue weighted by atomic mass is 10.1. The molecular formula is C13H23ClN4OS. The summed E-state index contributed by atoms with van der Waals surface area (Å²) in [5, 5.41) is 16.0. The molecule has 20 heavy (non-hydrogen) atoms. The van der Waals surface area contributed by atoms with Gasteiger partial charge in [-0.3, -0.25) is 4.79 Å². The lowest BCUT2D eigenvalue weighted by Crippen LogP contribution is -2.27. The molecule has 0 aliphatic carbocycles. The number of aryl methyl sites for hydroxylation is 1. The molecule has 1 saturated heterocycles. The Balaban J connectivity index is 0.00000200. The summed E-state index contributed by atoms with van der Waals surface area (Å²) >= 11 is 1.49. The summed E-state index contributed by atoms with van der Waals surface area (Å²) < 4.78 is 0. The summed E-state index contributed by atoms with van der Waals surface area (Å²) in [6, 6.07) is 0.331. The quantitative estimate of drug-likeness (QED) is 0.759. The number of anilines is 1. The van der Waals surface area contributed by atoms with Crippen LogP contribution in [0.1, 0.15) is 50.5 Å². The largest absolute Gasteiger partial charge is 0.313 e. The van der Waals surface area contributed by atoms with E-state index in [1.165, 1.54) is 30.6 Å². The van der Waals surface area contributed by atoms with Gasteiger partial charge in [-0.1, -0.05) is 31.1 Å². The summed E-state index contributed by atoms with van der Waals surface area (Å²) in [5.41, 5.74) is 0. The number of nitrogens with zero attached hydrogens (tertiary/aromatic N) is 2. The fourth-order valence-corrected chi connectivity index (χ4v) is 3.05. The van der Waals surface area contributed by atoms with Crippen molar-refractivity contribution in [3.8, 4) is 0 Å². The van der Waals surface area contributed by atoms with E-state index in [-0.39, 0.29) is 18.3 Å². The number of carbonyl (C=O) groups excluding carboxylic acids is 1. The third-order valence-electron chi connectivity index (χ3n) is 3.30. The lowest BCUT2D eigenvalue weighted by Gasteiger charge is -2.08. The number of halogens is 1. The highest BCUT2D eigenvalue weighted by atomic mass is 35.5. The highest BCUT2D eigenvalue weighted by Gasteiger charge is 2.18. The van der Waals surface area contributed by atoms with E-state index in [9.17, 15) is 4.79 Å². The maximum Gasteiger partial charge on any atom is 0.227 e. The molecule has 0 radical (unpaired) electrons. The van der Waals surface area contributed by atoms with E-state index in [0.717, 1.165) is 30.8 Å². The Morgan fingerprint density at radius 1 is 1.45 bits per heavy atom. The molecule has 5 nitrogen and oxygen atoms in total. The molecule has 1 aliphatic heterocycles. The Hall–Kier alpha value is -0.720. The molecule has 1 unspecified atom stereocenters. The van der Waals surface area contributed by atoms with Crippen molar-refractivity contribution in [1.82, 2.24) is 15.5 Å². The number of aromatic nitrogens is 2. The summed E-state index contributed by atoms with van der Waals surface area (Å²) in [4.78, 5) is 11.8. The van der Waals surface area contributed by atoms with Crippen molar-refractivity contribution in [3.05, 3.63) is 5.01 Å². The molecule has 0 bridgehead atoms. The summed E-state index contributed by atoms with van der Waals surface area (Å²) in [6.07, 6.45) is 7.32. The second kappa shape index (κ2) is 9.26. The zero-order chi connectivity index (χ0) is 13.5. The van der Waals surface area contributed by atoms with Gasteiger partial charge in [0.25, 0.3) is 0 Å². The van der Waals surface area contributed by atoms with Crippen molar-refractivity contribution in [3.63, 3.8) is 0 Å². The predicted molar refractivity (Wildman–Crippen MR) is 84.7 cm³/mol. The second-order valence-corrected chi connectivity index (χ2v) is 6.07. The Kier molecular flexibility index (Phi) is 8.02. The highest BCUT2D eigenvalue weighted by Crippen LogP contribution is 2.18. The molecule has 1 amide bonds. The first kappa shape index (κ1) is 17.3. The highest BCUT2D eigenvalue weighted by molar-refractivity contribution is 7.15. The molecule has 114 valence electrons. The van der Waals surface area contributed by atoms with Gasteiger partial charge in [-0.15, -0.1) is 22.6 Å². The third-order valence-corrected chi connectivity index (χ3v) is 4.20. The third kappa shape index (κ3) is 5.73. The summed E-state index contributed by atoms with van der Waals surface area (Å²) in [7, 11) is 0. The van der Waals surface area contributed by atoms with Crippen molar-refractivity contribution in [2.24, 2.45) is 0 Å². The predicted octanol–water partition coefficient (Wildman–Crippen LogP) is 2.77. The number of amides is 1. The molecule has 1 atom stereocenters. The molecule has 1 aromatic heterocycles. The number of carbonyl (C=O) groups is 1. The van der Waals surface area contributed by atoms with Crippen LogP contribution in [0, 0.1) is 0 Å². The fourth-order valence-electron chi connectivity index (χ4n) is 2.26. The van der Waals surface area contributed by atoms with Crippen LogP contribution < -0.4 is 10.6 Å². The first-order valence-corrected chi connectivity index (χ1v) is 7.95. The Bertz CT molecular complexity index is 407. The number of rotatable bonds is 7. The van der Waals surface area contributed by atoms with Gasteiger partial charge in [0.2, 0.25) is 11.0 Å². The van der Waals surface area contributed by atoms with Gasteiger partial charge in [0.05, 0.1) is 0 Å². The van der Waals surface area contributed by atoms with E-state index in [4.69, 9.17) is 0 Å². The van der Waals surface area contributed by atoms with E-state index >= 15 is 0 Å². The van der Waals surface area contributed by atoms with Crippen molar-refractivity contribution >= 4 is 34.8 Å². The van der Waals surface area contributed by atoms with Gasteiger partial charge >= 0.3 is 0 Å². The maximum absolute atomic E-state index is 11.8. The SMILES string of the molecule is CCCCCc1nnc(NC(=O)CC2CCCN2)s1.Cl. The van der Waals surface area contributed by atoms with Crippen LogP contribution in [0.3, 0.4) is 0 Å². The van der Waals surface area contributed by atoms with E-state index in [0.29, 0.717) is 17.6 Å². The van der Waals surface area contributed by atoms with Gasteiger partial charge in [0.15, 0.2) is 0 Å². The van der Waals surface area contributed by atoms with Crippen LogP contribution in [-0.4, -0.2) is 28.7 Å². The van der Waals surface area contributed by atoms with E-state index in [1.807, 2.05) is 0 Å². The standard InChI is InChI=1S/C13H22N4OS.ClH/c1-2-3-4-7-12-16-17-13(19-12)15-11(18)9-10-6-5-8-14-10;/h10,14H,2-9H2,1H3,(H,15,17,18);1H. The Morgan fingerprint density at radius 3 is 3.00 bits per heavy atom. The molecular weight excluding hydrogens is 296 g/mol. The van der Waals surface area contributed by atoms with Crippen LogP contribution in [0.15, 0.2) is 0 Å².